The van der Waals surface area contributed by atoms with Crippen LogP contribution in [-0.2, 0) is 6.54 Å². The van der Waals surface area contributed by atoms with Gasteiger partial charge in [0, 0.05) is 31.3 Å². The number of aromatic nitrogens is 3. The molecule has 2 N–H and O–H groups in total. The standard InChI is InChI=1S/C21H22F3N5O5S/c1-12-10-25-15(35-12)11-29-16-17(27(2)20(32)28(18(16)31)8-3-9-30)26-19(29)33-13-4-6-14(7-5-13)34-21(22,23)24/h4-7,10,20,30,32H,3,8-9,11H2,1-2H3. The highest BCUT2D eigenvalue weighted by molar-refractivity contribution is 7.11. The highest BCUT2D eigenvalue weighted by Crippen LogP contribution is 2.36. The zero-order valence-corrected chi connectivity index (χ0v) is 19.5. The molecule has 2 aromatic heterocycles. The predicted octanol–water partition coefficient (Wildman–Crippen LogP) is 2.94. The SMILES string of the molecule is Cc1cnc(Cn2c(Oc3ccc(OC(F)(F)F)cc3)nc3c2C(=O)N(CCCO)C(O)N3C)s1. The average Bonchev–Trinajstić information content (AvgIpc) is 3.36. The number of hydrogen-bond acceptors (Lipinski definition) is 9. The molecule has 3 aromatic rings. The van der Waals surface area contributed by atoms with Gasteiger partial charge in [0.15, 0.2) is 11.5 Å². The van der Waals surface area contributed by atoms with Crippen LogP contribution in [-0.4, -0.2) is 68.5 Å². The van der Waals surface area contributed by atoms with Crippen LogP contribution >= 0.6 is 11.3 Å². The van der Waals surface area contributed by atoms with Crippen LogP contribution in [0.4, 0.5) is 19.0 Å². The lowest BCUT2D eigenvalue weighted by atomic mass is 10.2. The molecule has 188 valence electrons. The van der Waals surface area contributed by atoms with E-state index in [0.29, 0.717) is 5.01 Å². The summed E-state index contributed by atoms with van der Waals surface area (Å²) in [6.45, 7) is 1.97. The zero-order valence-electron chi connectivity index (χ0n) is 18.7. The second-order valence-corrected chi connectivity index (χ2v) is 8.99. The van der Waals surface area contributed by atoms with Gasteiger partial charge in [0.25, 0.3) is 5.91 Å². The predicted molar refractivity (Wildman–Crippen MR) is 119 cm³/mol. The molecule has 1 amide bonds. The molecule has 4 rings (SSSR count). The summed E-state index contributed by atoms with van der Waals surface area (Å²) in [7, 11) is 1.56. The van der Waals surface area contributed by atoms with Crippen molar-refractivity contribution in [2.75, 3.05) is 25.1 Å². The van der Waals surface area contributed by atoms with E-state index in [1.807, 2.05) is 6.92 Å². The van der Waals surface area contributed by atoms with Crippen molar-refractivity contribution < 1.29 is 37.7 Å². The Morgan fingerprint density at radius 3 is 2.49 bits per heavy atom. The van der Waals surface area contributed by atoms with Crippen LogP contribution in [0.15, 0.2) is 30.5 Å². The average molecular weight is 513 g/mol. The maximum Gasteiger partial charge on any atom is 0.573 e. The van der Waals surface area contributed by atoms with Gasteiger partial charge < -0.3 is 24.6 Å². The largest absolute Gasteiger partial charge is 0.573 e. The number of hydrogen-bond donors (Lipinski definition) is 2. The van der Waals surface area contributed by atoms with E-state index in [0.717, 1.165) is 17.0 Å². The molecule has 3 heterocycles. The summed E-state index contributed by atoms with van der Waals surface area (Å²) < 4.78 is 48.6. The van der Waals surface area contributed by atoms with Crippen molar-refractivity contribution in [2.24, 2.45) is 0 Å². The number of carbonyl (C=O) groups excluding carboxylic acids is 1. The summed E-state index contributed by atoms with van der Waals surface area (Å²) in [6, 6.07) is 4.74. The van der Waals surface area contributed by atoms with Crippen LogP contribution < -0.4 is 14.4 Å². The number of amides is 1. The maximum absolute atomic E-state index is 13.3. The molecule has 14 heteroatoms. The third-order valence-corrected chi connectivity index (χ3v) is 6.02. The molecule has 10 nitrogen and oxygen atoms in total. The Morgan fingerprint density at radius 1 is 1.20 bits per heavy atom. The van der Waals surface area contributed by atoms with Crippen molar-refractivity contribution in [3.05, 3.63) is 46.0 Å². The Labute approximate surface area is 201 Å². The van der Waals surface area contributed by atoms with Gasteiger partial charge in [-0.25, -0.2) is 4.98 Å². The number of rotatable bonds is 8. The fourth-order valence-corrected chi connectivity index (χ4v) is 4.32. The van der Waals surface area contributed by atoms with Crippen LogP contribution in [0, 0.1) is 6.92 Å². The lowest BCUT2D eigenvalue weighted by Crippen LogP contribution is -2.54. The van der Waals surface area contributed by atoms with Gasteiger partial charge in [-0.3, -0.25) is 14.3 Å². The Bertz CT molecular complexity index is 1200. The van der Waals surface area contributed by atoms with Gasteiger partial charge in [0.2, 0.25) is 6.35 Å². The number of aliphatic hydroxyl groups is 2. The quantitative estimate of drug-likeness (QED) is 0.473. The highest BCUT2D eigenvalue weighted by atomic mass is 32.1. The molecule has 0 radical (unpaired) electrons. The number of benzene rings is 1. The summed E-state index contributed by atoms with van der Waals surface area (Å²) in [4.78, 5) is 25.6. The van der Waals surface area contributed by atoms with Gasteiger partial charge in [-0.05, 0) is 37.6 Å². The van der Waals surface area contributed by atoms with Gasteiger partial charge in [-0.1, -0.05) is 0 Å². The number of alkyl halides is 3. The Hall–Kier alpha value is -3.36. The monoisotopic (exact) mass is 513 g/mol. The first kappa shape index (κ1) is 24.8. The number of nitrogens with zero attached hydrogens (tertiary/aromatic N) is 5. The first-order valence-electron chi connectivity index (χ1n) is 10.5. The second kappa shape index (κ2) is 9.71. The van der Waals surface area contributed by atoms with Crippen LogP contribution in [0.2, 0.25) is 0 Å². The Balaban J connectivity index is 1.71. The molecule has 1 atom stereocenters. The molecule has 0 fully saturated rings. The van der Waals surface area contributed by atoms with E-state index in [1.165, 1.54) is 37.8 Å². The molecular weight excluding hydrogens is 491 g/mol. The van der Waals surface area contributed by atoms with Gasteiger partial charge in [0.1, 0.15) is 16.5 Å². The normalized spacial score (nSPS) is 16.0. The lowest BCUT2D eigenvalue weighted by Gasteiger charge is -2.38. The van der Waals surface area contributed by atoms with Crippen molar-refractivity contribution in [2.45, 2.75) is 32.6 Å². The van der Waals surface area contributed by atoms with Crippen LogP contribution in [0.5, 0.6) is 17.5 Å². The Morgan fingerprint density at radius 2 is 1.89 bits per heavy atom. The molecular formula is C21H22F3N5O5S. The van der Waals surface area contributed by atoms with Crippen molar-refractivity contribution >= 4 is 23.1 Å². The van der Waals surface area contributed by atoms with Crippen molar-refractivity contribution in [1.29, 1.82) is 0 Å². The zero-order chi connectivity index (χ0) is 25.3. The smallest absolute Gasteiger partial charge is 0.425 e. The first-order chi connectivity index (χ1) is 16.6. The summed E-state index contributed by atoms with van der Waals surface area (Å²) in [5, 5.41) is 20.5. The summed E-state index contributed by atoms with van der Waals surface area (Å²) in [5.41, 5.74) is 0.149. The third kappa shape index (κ3) is 5.33. The first-order valence-corrected chi connectivity index (χ1v) is 11.3. The molecule has 1 unspecified atom stereocenters. The van der Waals surface area contributed by atoms with E-state index in [2.05, 4.69) is 14.7 Å². The second-order valence-electron chi connectivity index (χ2n) is 7.67. The Kier molecular flexibility index (Phi) is 6.87. The molecule has 0 spiro atoms. The molecule has 1 aliphatic rings. The van der Waals surface area contributed by atoms with Gasteiger partial charge in [0.05, 0.1) is 6.54 Å². The van der Waals surface area contributed by atoms with E-state index >= 15 is 0 Å². The number of thiazole rings is 1. The number of halogens is 3. The minimum atomic E-state index is -4.82. The number of fused-ring (bicyclic) bond motifs is 1. The number of ether oxygens (including phenoxy) is 2. The fourth-order valence-electron chi connectivity index (χ4n) is 3.54. The van der Waals surface area contributed by atoms with Crippen molar-refractivity contribution in [3.63, 3.8) is 0 Å². The maximum atomic E-state index is 13.3. The summed E-state index contributed by atoms with van der Waals surface area (Å²) in [6.07, 6.45) is -4.17. The molecule has 0 saturated carbocycles. The van der Waals surface area contributed by atoms with E-state index in [9.17, 15) is 28.2 Å². The van der Waals surface area contributed by atoms with Crippen LogP contribution in [0.25, 0.3) is 0 Å². The lowest BCUT2D eigenvalue weighted by molar-refractivity contribution is -0.274. The fraction of sp³-hybridized carbons (Fsp3) is 0.381. The van der Waals surface area contributed by atoms with Crippen molar-refractivity contribution in [1.82, 2.24) is 19.4 Å². The van der Waals surface area contributed by atoms with E-state index < -0.39 is 24.4 Å². The molecule has 0 aliphatic carbocycles. The number of carbonyl (C=O) groups is 1. The summed E-state index contributed by atoms with van der Waals surface area (Å²) >= 11 is 1.42. The minimum absolute atomic E-state index is 0.0104. The topological polar surface area (TPSA) is 113 Å². The summed E-state index contributed by atoms with van der Waals surface area (Å²) in [5.74, 6) is -0.596. The molecule has 35 heavy (non-hydrogen) atoms. The van der Waals surface area contributed by atoms with Gasteiger partial charge in [-0.2, -0.15) is 4.98 Å². The van der Waals surface area contributed by atoms with Gasteiger partial charge >= 0.3 is 12.4 Å². The van der Waals surface area contributed by atoms with E-state index in [-0.39, 0.29) is 49.4 Å². The third-order valence-electron chi connectivity index (χ3n) is 5.12. The minimum Gasteiger partial charge on any atom is -0.425 e. The number of anilines is 1. The van der Waals surface area contributed by atoms with Gasteiger partial charge in [-0.15, -0.1) is 24.5 Å². The number of aliphatic hydroxyl groups excluding tert-OH is 2. The molecule has 1 aromatic carbocycles. The van der Waals surface area contributed by atoms with Crippen molar-refractivity contribution in [3.8, 4) is 17.5 Å². The molecule has 0 bridgehead atoms. The van der Waals surface area contributed by atoms with E-state index in [4.69, 9.17) is 4.74 Å². The van der Waals surface area contributed by atoms with E-state index in [1.54, 1.807) is 13.2 Å². The van der Waals surface area contributed by atoms with Crippen LogP contribution in [0.1, 0.15) is 26.8 Å². The molecule has 0 saturated heterocycles. The number of imidazole rings is 1. The highest BCUT2D eigenvalue weighted by Gasteiger charge is 2.40. The number of aryl methyl sites for hydroxylation is 1. The molecule has 1 aliphatic heterocycles. The van der Waals surface area contributed by atoms with Crippen LogP contribution in [0.3, 0.4) is 0 Å².